The van der Waals surface area contributed by atoms with Gasteiger partial charge in [0.15, 0.2) is 0 Å². The SMILES string of the molecule is O=S(=O)(NCC(C(F)F)n1cccn1)c1ccc(Cl)s1. The maximum absolute atomic E-state index is 12.9. The van der Waals surface area contributed by atoms with Crippen molar-refractivity contribution in [1.82, 2.24) is 14.5 Å². The van der Waals surface area contributed by atoms with Crippen molar-refractivity contribution in [3.8, 4) is 0 Å². The van der Waals surface area contributed by atoms with Crippen LogP contribution < -0.4 is 4.72 Å². The number of halogens is 3. The monoisotopic (exact) mass is 341 g/mol. The van der Waals surface area contributed by atoms with Crippen molar-refractivity contribution < 1.29 is 17.2 Å². The summed E-state index contributed by atoms with van der Waals surface area (Å²) in [5, 5.41) is 3.70. The number of rotatable bonds is 6. The van der Waals surface area contributed by atoms with E-state index in [1.165, 1.54) is 30.6 Å². The van der Waals surface area contributed by atoms with Crippen molar-refractivity contribution in [2.24, 2.45) is 0 Å². The molecule has 2 aromatic heterocycles. The van der Waals surface area contributed by atoms with Gasteiger partial charge in [-0.3, -0.25) is 4.68 Å². The van der Waals surface area contributed by atoms with Gasteiger partial charge in [0, 0.05) is 18.9 Å². The van der Waals surface area contributed by atoms with E-state index in [2.05, 4.69) is 9.82 Å². The van der Waals surface area contributed by atoms with Crippen LogP contribution in [-0.4, -0.2) is 31.2 Å². The lowest BCUT2D eigenvalue weighted by atomic mass is 10.3. The van der Waals surface area contributed by atoms with Crippen LogP contribution in [-0.2, 0) is 10.0 Å². The average Bonchev–Trinajstić information content (AvgIpc) is 3.00. The lowest BCUT2D eigenvalue weighted by Gasteiger charge is -2.17. The molecule has 20 heavy (non-hydrogen) atoms. The van der Waals surface area contributed by atoms with Crippen molar-refractivity contribution in [2.75, 3.05) is 6.54 Å². The topological polar surface area (TPSA) is 64.0 Å². The van der Waals surface area contributed by atoms with E-state index in [1.54, 1.807) is 0 Å². The third-order valence-corrected chi connectivity index (χ3v) is 5.60. The summed E-state index contributed by atoms with van der Waals surface area (Å²) < 4.78 is 53.1. The molecule has 1 N–H and O–H groups in total. The van der Waals surface area contributed by atoms with Crippen molar-refractivity contribution in [2.45, 2.75) is 16.7 Å². The Bertz CT molecular complexity index is 658. The second-order valence-electron chi connectivity index (χ2n) is 3.80. The smallest absolute Gasteiger partial charge is 0.261 e. The van der Waals surface area contributed by atoms with Gasteiger partial charge in [-0.2, -0.15) is 5.10 Å². The standard InChI is InChI=1S/C10H10ClF2N3O2S2/c11-8-2-3-9(19-8)20(17,18)15-6-7(10(12)13)16-5-1-4-14-16/h1-5,7,10,15H,6H2. The molecule has 0 bridgehead atoms. The Morgan fingerprint density at radius 3 is 2.70 bits per heavy atom. The van der Waals surface area contributed by atoms with Crippen molar-refractivity contribution in [1.29, 1.82) is 0 Å². The second kappa shape index (κ2) is 6.17. The number of nitrogens with one attached hydrogen (secondary N) is 1. The van der Waals surface area contributed by atoms with Gasteiger partial charge in [-0.25, -0.2) is 21.9 Å². The molecular formula is C10H10ClF2N3O2S2. The van der Waals surface area contributed by atoms with Gasteiger partial charge in [0.05, 0.1) is 4.34 Å². The maximum atomic E-state index is 12.9. The summed E-state index contributed by atoms with van der Waals surface area (Å²) in [4.78, 5) is 0. The highest BCUT2D eigenvalue weighted by atomic mass is 35.5. The molecule has 110 valence electrons. The minimum Gasteiger partial charge on any atom is -0.263 e. The van der Waals surface area contributed by atoms with Crippen LogP contribution in [0, 0.1) is 0 Å². The van der Waals surface area contributed by atoms with E-state index in [1.807, 2.05) is 0 Å². The fourth-order valence-corrected chi connectivity index (χ4v) is 4.06. The third kappa shape index (κ3) is 3.54. The summed E-state index contributed by atoms with van der Waals surface area (Å²) >= 11 is 6.51. The van der Waals surface area contributed by atoms with Crippen LogP contribution in [0.1, 0.15) is 6.04 Å². The molecule has 0 saturated carbocycles. The predicted octanol–water partition coefficient (Wildman–Crippen LogP) is 2.38. The molecule has 0 radical (unpaired) electrons. The first-order valence-electron chi connectivity index (χ1n) is 5.42. The molecule has 2 heterocycles. The Hall–Kier alpha value is -1.03. The quantitative estimate of drug-likeness (QED) is 0.877. The highest BCUT2D eigenvalue weighted by molar-refractivity contribution is 7.91. The molecule has 1 unspecified atom stereocenters. The maximum Gasteiger partial charge on any atom is 0.261 e. The van der Waals surface area contributed by atoms with E-state index in [0.29, 0.717) is 4.34 Å². The molecule has 0 spiro atoms. The van der Waals surface area contributed by atoms with Gasteiger partial charge in [0.2, 0.25) is 10.0 Å². The molecular weight excluding hydrogens is 332 g/mol. The number of hydrogen-bond donors (Lipinski definition) is 1. The summed E-state index contributed by atoms with van der Waals surface area (Å²) in [5.41, 5.74) is 0. The third-order valence-electron chi connectivity index (χ3n) is 2.45. The van der Waals surface area contributed by atoms with Gasteiger partial charge < -0.3 is 0 Å². The van der Waals surface area contributed by atoms with Gasteiger partial charge >= 0.3 is 0 Å². The van der Waals surface area contributed by atoms with E-state index in [9.17, 15) is 17.2 Å². The molecule has 0 aliphatic rings. The molecule has 10 heteroatoms. The molecule has 2 aromatic rings. The van der Waals surface area contributed by atoms with Gasteiger partial charge in [-0.15, -0.1) is 11.3 Å². The zero-order valence-electron chi connectivity index (χ0n) is 9.91. The first kappa shape index (κ1) is 15.4. The molecule has 0 aliphatic heterocycles. The van der Waals surface area contributed by atoms with Gasteiger partial charge in [0.25, 0.3) is 6.43 Å². The number of thiophene rings is 1. The Balaban J connectivity index is 2.10. The van der Waals surface area contributed by atoms with Gasteiger partial charge in [-0.1, -0.05) is 11.6 Å². The first-order valence-corrected chi connectivity index (χ1v) is 8.10. The molecule has 0 amide bonds. The van der Waals surface area contributed by atoms with E-state index in [4.69, 9.17) is 11.6 Å². The van der Waals surface area contributed by atoms with Crippen LogP contribution in [0.5, 0.6) is 0 Å². The summed E-state index contributed by atoms with van der Waals surface area (Å²) in [5.74, 6) is 0. The zero-order chi connectivity index (χ0) is 14.8. The molecule has 0 aliphatic carbocycles. The van der Waals surface area contributed by atoms with Crippen LogP contribution in [0.3, 0.4) is 0 Å². The molecule has 5 nitrogen and oxygen atoms in total. The lowest BCUT2D eigenvalue weighted by molar-refractivity contribution is 0.0787. The predicted molar refractivity (Wildman–Crippen MR) is 71.8 cm³/mol. The fraction of sp³-hybridized carbons (Fsp3) is 0.300. The fourth-order valence-electron chi connectivity index (χ4n) is 1.48. The summed E-state index contributed by atoms with van der Waals surface area (Å²) in [6, 6.07) is 2.87. The molecule has 0 saturated heterocycles. The van der Waals surface area contributed by atoms with Crippen LogP contribution in [0.4, 0.5) is 8.78 Å². The Morgan fingerprint density at radius 2 is 2.20 bits per heavy atom. The zero-order valence-corrected chi connectivity index (χ0v) is 12.3. The van der Waals surface area contributed by atoms with Crippen LogP contribution in [0.2, 0.25) is 4.34 Å². The first-order chi connectivity index (χ1) is 9.40. The molecule has 1 atom stereocenters. The number of alkyl halides is 2. The van der Waals surface area contributed by atoms with E-state index in [-0.39, 0.29) is 4.21 Å². The summed E-state index contributed by atoms with van der Waals surface area (Å²) in [7, 11) is -3.85. The molecule has 2 rings (SSSR count). The number of aromatic nitrogens is 2. The Labute approximate surface area is 123 Å². The Morgan fingerprint density at radius 1 is 1.45 bits per heavy atom. The van der Waals surface area contributed by atoms with Crippen molar-refractivity contribution >= 4 is 33.0 Å². The van der Waals surface area contributed by atoms with Crippen LogP contribution in [0.25, 0.3) is 0 Å². The number of nitrogens with zero attached hydrogens (tertiary/aromatic N) is 2. The van der Waals surface area contributed by atoms with Crippen molar-refractivity contribution in [3.63, 3.8) is 0 Å². The average molecular weight is 342 g/mol. The van der Waals surface area contributed by atoms with Crippen LogP contribution in [0.15, 0.2) is 34.8 Å². The largest absolute Gasteiger partial charge is 0.263 e. The highest BCUT2D eigenvalue weighted by Gasteiger charge is 2.26. The van der Waals surface area contributed by atoms with E-state index in [0.717, 1.165) is 16.0 Å². The normalized spacial score (nSPS) is 13.8. The summed E-state index contributed by atoms with van der Waals surface area (Å²) in [6.45, 7) is -0.461. The van der Waals surface area contributed by atoms with Gasteiger partial charge in [0.1, 0.15) is 10.3 Å². The van der Waals surface area contributed by atoms with E-state index >= 15 is 0 Å². The Kier molecular flexibility index (Phi) is 4.74. The van der Waals surface area contributed by atoms with E-state index < -0.39 is 29.0 Å². The van der Waals surface area contributed by atoms with Crippen LogP contribution >= 0.6 is 22.9 Å². The molecule has 0 aromatic carbocycles. The minimum atomic E-state index is -3.85. The number of hydrogen-bond acceptors (Lipinski definition) is 4. The summed E-state index contributed by atoms with van der Waals surface area (Å²) in [6.07, 6.45) is -0.0414. The minimum absolute atomic E-state index is 0.0176. The highest BCUT2D eigenvalue weighted by Crippen LogP contribution is 2.25. The van der Waals surface area contributed by atoms with Gasteiger partial charge in [-0.05, 0) is 18.2 Å². The molecule has 0 fully saturated rings. The number of sulfonamides is 1. The second-order valence-corrected chi connectivity index (χ2v) is 7.51. The lowest BCUT2D eigenvalue weighted by Crippen LogP contribution is -2.34. The van der Waals surface area contributed by atoms with Crippen molar-refractivity contribution in [3.05, 3.63) is 34.9 Å².